The highest BCUT2D eigenvalue weighted by Gasteiger charge is 2.30. The molecule has 4 aromatic rings. The zero-order valence-electron chi connectivity index (χ0n) is 20.3. The van der Waals surface area contributed by atoms with Crippen LogP contribution in [0.15, 0.2) is 78.9 Å². The molecule has 1 aromatic heterocycles. The molecule has 0 bridgehead atoms. The molecule has 4 rings (SSSR count). The van der Waals surface area contributed by atoms with Crippen LogP contribution >= 0.6 is 11.6 Å². The first-order valence-corrected chi connectivity index (χ1v) is 11.9. The van der Waals surface area contributed by atoms with Crippen LogP contribution in [0, 0.1) is 5.92 Å². The van der Waals surface area contributed by atoms with Crippen LogP contribution in [0.2, 0.25) is 5.02 Å². The molecular formula is C30H24ClNO5. The summed E-state index contributed by atoms with van der Waals surface area (Å²) in [4.78, 5) is 42.8. The number of Topliss-reactive ketones (excluding diaryl/α,β-unsaturated/α-hetero) is 1. The molecule has 0 radical (unpaired) electrons. The van der Waals surface area contributed by atoms with Gasteiger partial charge in [-0.2, -0.15) is 0 Å². The van der Waals surface area contributed by atoms with Crippen molar-refractivity contribution in [1.29, 1.82) is 0 Å². The highest BCUT2D eigenvalue weighted by molar-refractivity contribution is 6.31. The first-order valence-electron chi connectivity index (χ1n) is 11.5. The first kappa shape index (κ1) is 25.8. The highest BCUT2D eigenvalue weighted by Crippen LogP contribution is 2.22. The monoisotopic (exact) mass is 513 g/mol. The van der Waals surface area contributed by atoms with E-state index < -0.39 is 23.6 Å². The Kier molecular flexibility index (Phi) is 8.11. The van der Waals surface area contributed by atoms with E-state index in [1.165, 1.54) is 14.2 Å². The van der Waals surface area contributed by atoms with Crippen LogP contribution in [0.5, 0.6) is 0 Å². The number of hydrogen-bond donors (Lipinski definition) is 0. The number of ketones is 1. The molecule has 0 N–H and O–H groups in total. The van der Waals surface area contributed by atoms with Gasteiger partial charge in [0.2, 0.25) is 0 Å². The lowest BCUT2D eigenvalue weighted by Crippen LogP contribution is -2.28. The van der Waals surface area contributed by atoms with Gasteiger partial charge in [-0.15, -0.1) is 0 Å². The normalized spacial score (nSPS) is 11.9. The van der Waals surface area contributed by atoms with E-state index in [0.29, 0.717) is 21.7 Å². The summed E-state index contributed by atoms with van der Waals surface area (Å²) in [6.45, 7) is 0. The van der Waals surface area contributed by atoms with Crippen molar-refractivity contribution in [1.82, 2.24) is 4.98 Å². The van der Waals surface area contributed by atoms with Gasteiger partial charge in [-0.3, -0.25) is 9.59 Å². The van der Waals surface area contributed by atoms with E-state index in [2.05, 4.69) is 4.98 Å². The minimum Gasteiger partial charge on any atom is -0.468 e. The number of carbonyl (C=O) groups excluding carboxylic acids is 3. The second kappa shape index (κ2) is 11.6. The van der Waals surface area contributed by atoms with Crippen molar-refractivity contribution in [2.45, 2.75) is 6.42 Å². The summed E-state index contributed by atoms with van der Waals surface area (Å²) >= 11 is 6.09. The maximum atomic E-state index is 13.4. The number of fused-ring (bicyclic) bond motifs is 1. The third-order valence-electron chi connectivity index (χ3n) is 5.94. The van der Waals surface area contributed by atoms with Gasteiger partial charge in [-0.1, -0.05) is 66.2 Å². The maximum Gasteiger partial charge on any atom is 0.338 e. The predicted molar refractivity (Wildman–Crippen MR) is 143 cm³/mol. The molecule has 1 heterocycles. The van der Waals surface area contributed by atoms with Gasteiger partial charge >= 0.3 is 11.9 Å². The van der Waals surface area contributed by atoms with Gasteiger partial charge in [0.1, 0.15) is 5.92 Å². The molecule has 3 aromatic carbocycles. The fourth-order valence-electron chi connectivity index (χ4n) is 4.03. The van der Waals surface area contributed by atoms with Gasteiger partial charge in [0.15, 0.2) is 5.78 Å². The number of carbonyl (C=O) groups is 3. The lowest BCUT2D eigenvalue weighted by Gasteiger charge is -2.16. The number of aromatic nitrogens is 1. The number of hydrogen-bond acceptors (Lipinski definition) is 6. The number of halogens is 1. The van der Waals surface area contributed by atoms with Gasteiger partial charge < -0.3 is 9.47 Å². The Labute approximate surface area is 219 Å². The molecule has 0 saturated heterocycles. The highest BCUT2D eigenvalue weighted by atomic mass is 35.5. The smallest absolute Gasteiger partial charge is 0.338 e. The van der Waals surface area contributed by atoms with Crippen LogP contribution in [0.4, 0.5) is 0 Å². The van der Waals surface area contributed by atoms with E-state index in [1.807, 2.05) is 42.5 Å². The Balaban J connectivity index is 1.59. The van der Waals surface area contributed by atoms with E-state index in [1.54, 1.807) is 48.5 Å². The van der Waals surface area contributed by atoms with Crippen LogP contribution in [0.1, 0.15) is 37.5 Å². The summed E-state index contributed by atoms with van der Waals surface area (Å²) < 4.78 is 9.77. The quantitative estimate of drug-likeness (QED) is 0.162. The fourth-order valence-corrected chi connectivity index (χ4v) is 4.20. The van der Waals surface area contributed by atoms with E-state index in [9.17, 15) is 14.4 Å². The van der Waals surface area contributed by atoms with Crippen molar-refractivity contribution >= 4 is 52.4 Å². The molecule has 0 aliphatic carbocycles. The third kappa shape index (κ3) is 6.11. The standard InChI is InChI=1S/C30H24ClNO5/c1-36-29(34)25-9-4-3-7-21(25)17-26(30(35)37-2)28(33)22-8-5-6-19(16-22)10-14-24-15-12-20-11-13-23(31)18-27(20)32-24/h3-16,18,26H,17H2,1-2H3/b14-10+. The summed E-state index contributed by atoms with van der Waals surface area (Å²) in [6, 6.07) is 23.1. The number of ether oxygens (including phenoxy) is 2. The molecule has 0 spiro atoms. The van der Waals surface area contributed by atoms with Gasteiger partial charge in [0.05, 0.1) is 31.0 Å². The molecule has 0 aliphatic heterocycles. The lowest BCUT2D eigenvalue weighted by atomic mass is 9.89. The van der Waals surface area contributed by atoms with E-state index >= 15 is 0 Å². The number of benzene rings is 3. The number of methoxy groups -OCH3 is 2. The average Bonchev–Trinajstić information content (AvgIpc) is 2.93. The molecule has 7 heteroatoms. The summed E-state index contributed by atoms with van der Waals surface area (Å²) in [5.41, 5.74) is 3.46. The Bertz CT molecular complexity index is 1510. The summed E-state index contributed by atoms with van der Waals surface area (Å²) in [5, 5.41) is 1.60. The van der Waals surface area contributed by atoms with Crippen molar-refractivity contribution in [2.75, 3.05) is 14.2 Å². The van der Waals surface area contributed by atoms with E-state index in [4.69, 9.17) is 21.1 Å². The Morgan fingerprint density at radius 3 is 2.46 bits per heavy atom. The van der Waals surface area contributed by atoms with Crippen LogP contribution in [0.25, 0.3) is 23.1 Å². The van der Waals surface area contributed by atoms with Crippen LogP contribution in [0.3, 0.4) is 0 Å². The Morgan fingerprint density at radius 1 is 0.892 bits per heavy atom. The third-order valence-corrected chi connectivity index (χ3v) is 6.18. The van der Waals surface area contributed by atoms with Gasteiger partial charge in [0.25, 0.3) is 0 Å². The molecule has 1 unspecified atom stereocenters. The zero-order chi connectivity index (χ0) is 26.4. The number of pyridine rings is 1. The van der Waals surface area contributed by atoms with Crippen LogP contribution in [-0.2, 0) is 20.7 Å². The molecule has 0 fully saturated rings. The van der Waals surface area contributed by atoms with E-state index in [0.717, 1.165) is 22.2 Å². The minimum absolute atomic E-state index is 0.000413. The second-order valence-electron chi connectivity index (χ2n) is 8.32. The molecule has 0 aliphatic rings. The topological polar surface area (TPSA) is 82.6 Å². The van der Waals surface area contributed by atoms with Gasteiger partial charge in [0, 0.05) is 16.0 Å². The second-order valence-corrected chi connectivity index (χ2v) is 8.76. The van der Waals surface area contributed by atoms with Gasteiger partial charge in [-0.05, 0) is 54.0 Å². The SMILES string of the molecule is COC(=O)c1ccccc1CC(C(=O)OC)C(=O)c1cccc(/C=C/c2ccc3ccc(Cl)cc3n2)c1. The van der Waals surface area contributed by atoms with Gasteiger partial charge in [-0.25, -0.2) is 9.78 Å². The average molecular weight is 514 g/mol. The summed E-state index contributed by atoms with van der Waals surface area (Å²) in [5.74, 6) is -2.74. The Hall–Kier alpha value is -4.29. The molecular weight excluding hydrogens is 490 g/mol. The fraction of sp³-hybridized carbons (Fsp3) is 0.133. The summed E-state index contributed by atoms with van der Waals surface area (Å²) in [6.07, 6.45) is 3.68. The predicted octanol–water partition coefficient (Wildman–Crippen LogP) is 6.06. The molecule has 0 saturated carbocycles. The van der Waals surface area contributed by atoms with Crippen molar-refractivity contribution < 1.29 is 23.9 Å². The Morgan fingerprint density at radius 2 is 1.68 bits per heavy atom. The zero-order valence-corrected chi connectivity index (χ0v) is 21.1. The van der Waals surface area contributed by atoms with Crippen LogP contribution < -0.4 is 0 Å². The van der Waals surface area contributed by atoms with Crippen LogP contribution in [-0.4, -0.2) is 36.9 Å². The summed E-state index contributed by atoms with van der Waals surface area (Å²) in [7, 11) is 2.52. The van der Waals surface area contributed by atoms with Crippen molar-refractivity contribution in [3.8, 4) is 0 Å². The molecule has 0 amide bonds. The van der Waals surface area contributed by atoms with Crippen molar-refractivity contribution in [3.63, 3.8) is 0 Å². The van der Waals surface area contributed by atoms with Crippen molar-refractivity contribution in [3.05, 3.63) is 112 Å². The van der Waals surface area contributed by atoms with E-state index in [-0.39, 0.29) is 6.42 Å². The lowest BCUT2D eigenvalue weighted by molar-refractivity contribution is -0.143. The maximum absolute atomic E-state index is 13.4. The molecule has 37 heavy (non-hydrogen) atoms. The van der Waals surface area contributed by atoms with Crippen molar-refractivity contribution in [2.24, 2.45) is 5.92 Å². The number of nitrogens with zero attached hydrogens (tertiary/aromatic N) is 1. The number of esters is 2. The molecule has 1 atom stereocenters. The molecule has 186 valence electrons. The minimum atomic E-state index is -1.12. The first-order chi connectivity index (χ1) is 17.9. The largest absolute Gasteiger partial charge is 0.468 e. The number of rotatable bonds is 8. The molecule has 6 nitrogen and oxygen atoms in total.